The van der Waals surface area contributed by atoms with Crippen molar-refractivity contribution >= 4 is 38.9 Å². The molecule has 8 aromatic carbocycles. The highest BCUT2D eigenvalue weighted by atomic mass is 15.1. The maximum Gasteiger partial charge on any atom is 0.0597 e. The van der Waals surface area contributed by atoms with Gasteiger partial charge in [-0.25, -0.2) is 0 Å². The summed E-state index contributed by atoms with van der Waals surface area (Å²) in [6.07, 6.45) is 2.10. The van der Waals surface area contributed by atoms with Gasteiger partial charge in [0.05, 0.1) is 16.4 Å². The molecule has 0 saturated heterocycles. The van der Waals surface area contributed by atoms with Crippen LogP contribution in [0, 0.1) is 0 Å². The second kappa shape index (κ2) is 13.3. The Bertz CT molecular complexity index is 2800. The Kier molecular flexibility index (Phi) is 7.93. The van der Waals surface area contributed by atoms with E-state index in [4.69, 9.17) is 0 Å². The Morgan fingerprint density at radius 1 is 0.482 bits per heavy atom. The Balaban J connectivity index is 1.13. The van der Waals surface area contributed by atoms with Crippen molar-refractivity contribution in [2.75, 3.05) is 4.90 Å². The molecule has 1 aliphatic carbocycles. The number of anilines is 3. The van der Waals surface area contributed by atoms with Crippen LogP contribution in [0.3, 0.4) is 0 Å². The van der Waals surface area contributed by atoms with Gasteiger partial charge in [0.1, 0.15) is 0 Å². The van der Waals surface area contributed by atoms with E-state index in [0.29, 0.717) is 0 Å². The Hall–Kier alpha value is -7.16. The molecule has 56 heavy (non-hydrogen) atoms. The number of nitrogens with zero attached hydrogens (tertiary/aromatic N) is 2. The second-order valence-electron chi connectivity index (χ2n) is 14.8. The van der Waals surface area contributed by atoms with E-state index in [-0.39, 0.29) is 0 Å². The summed E-state index contributed by atoms with van der Waals surface area (Å²) in [5, 5.41) is 2.50. The molecule has 2 heteroatoms. The van der Waals surface area contributed by atoms with Crippen molar-refractivity contribution in [3.05, 3.63) is 230 Å². The van der Waals surface area contributed by atoms with Crippen molar-refractivity contribution < 1.29 is 0 Å². The van der Waals surface area contributed by atoms with Crippen molar-refractivity contribution in [3.8, 4) is 39.1 Å². The number of rotatable bonds is 8. The van der Waals surface area contributed by atoms with Gasteiger partial charge in [0.25, 0.3) is 0 Å². The van der Waals surface area contributed by atoms with Crippen LogP contribution >= 0.6 is 0 Å². The first kappa shape index (κ1) is 33.4. The first-order valence-corrected chi connectivity index (χ1v) is 19.2. The van der Waals surface area contributed by atoms with Crippen molar-refractivity contribution in [1.82, 2.24) is 4.57 Å². The number of fused-ring (bicyclic) bond motifs is 6. The van der Waals surface area contributed by atoms with Gasteiger partial charge in [0, 0.05) is 33.5 Å². The van der Waals surface area contributed by atoms with E-state index in [9.17, 15) is 0 Å². The third-order valence-electron chi connectivity index (χ3n) is 11.7. The number of benzene rings is 8. The van der Waals surface area contributed by atoms with Crippen LogP contribution in [0.1, 0.15) is 18.1 Å². The summed E-state index contributed by atoms with van der Waals surface area (Å²) in [5.74, 6) is 0. The van der Waals surface area contributed by atoms with Gasteiger partial charge in [-0.05, 0) is 112 Å². The van der Waals surface area contributed by atoms with Crippen molar-refractivity contribution in [3.63, 3.8) is 0 Å². The van der Waals surface area contributed by atoms with E-state index in [1.165, 1.54) is 66.3 Å². The normalized spacial score (nSPS) is 14.4. The lowest BCUT2D eigenvalue weighted by Gasteiger charge is -2.31. The van der Waals surface area contributed by atoms with Gasteiger partial charge in [0.15, 0.2) is 0 Å². The van der Waals surface area contributed by atoms with Gasteiger partial charge in [0.2, 0.25) is 0 Å². The average molecular weight is 717 g/mol. The van der Waals surface area contributed by atoms with Crippen LogP contribution in [-0.4, -0.2) is 4.57 Å². The molecule has 0 N–H and O–H groups in total. The minimum atomic E-state index is -0.588. The number of aromatic nitrogens is 1. The largest absolute Gasteiger partial charge is 0.310 e. The van der Waals surface area contributed by atoms with Crippen molar-refractivity contribution in [2.24, 2.45) is 0 Å². The van der Waals surface area contributed by atoms with E-state index < -0.39 is 5.41 Å². The van der Waals surface area contributed by atoms with Crippen molar-refractivity contribution in [2.45, 2.75) is 12.3 Å². The van der Waals surface area contributed by atoms with E-state index in [1.54, 1.807) is 0 Å². The number of para-hydroxylation sites is 2. The molecule has 0 saturated carbocycles. The number of allylic oxidation sites excluding steroid dienone is 2. The van der Waals surface area contributed by atoms with E-state index >= 15 is 0 Å². The molecule has 1 aliphatic rings. The maximum atomic E-state index is 4.65. The summed E-state index contributed by atoms with van der Waals surface area (Å²) in [4.78, 5) is 2.36. The maximum absolute atomic E-state index is 4.65. The third kappa shape index (κ3) is 5.18. The zero-order valence-electron chi connectivity index (χ0n) is 31.4. The fourth-order valence-electron chi connectivity index (χ4n) is 8.98. The van der Waals surface area contributed by atoms with Gasteiger partial charge >= 0.3 is 0 Å². The Labute approximate surface area is 328 Å². The standard InChI is InChI=1S/C54H40N2/c1-4-54(37(2)3)50-35-44(31-33-46(50)47-34-32-45(36-51(47)54)56-52-21-13-11-19-48(52)49-20-12-14-22-53(49)56)55(42-27-23-40(24-28-42)38-15-7-5-8-16-38)43-29-25-41(26-30-43)39-17-9-6-10-18-39/h4-36H,1-2H2,3H3. The van der Waals surface area contributed by atoms with E-state index in [0.717, 1.165) is 28.3 Å². The molecule has 1 heterocycles. The lowest BCUT2D eigenvalue weighted by atomic mass is 9.73. The van der Waals surface area contributed by atoms with Crippen LogP contribution in [0.4, 0.5) is 17.1 Å². The molecule has 0 fully saturated rings. The highest BCUT2D eigenvalue weighted by Crippen LogP contribution is 2.55. The molecule has 1 unspecified atom stereocenters. The summed E-state index contributed by atoms with van der Waals surface area (Å²) >= 11 is 0. The lowest BCUT2D eigenvalue weighted by Crippen LogP contribution is -2.24. The van der Waals surface area contributed by atoms with Crippen LogP contribution in [0.5, 0.6) is 0 Å². The van der Waals surface area contributed by atoms with Crippen LogP contribution < -0.4 is 4.90 Å². The van der Waals surface area contributed by atoms with Gasteiger partial charge < -0.3 is 9.47 Å². The SMILES string of the molecule is C=CC1(C(=C)C)c2cc(N(c3ccc(-c4ccccc4)cc3)c3ccc(-c4ccccc4)cc3)ccc2-c2ccc(-n3c4ccccc4c4ccccc43)cc21. The second-order valence-corrected chi connectivity index (χ2v) is 14.8. The minimum Gasteiger partial charge on any atom is -0.310 e. The van der Waals surface area contributed by atoms with Gasteiger partial charge in [-0.3, -0.25) is 0 Å². The summed E-state index contributed by atoms with van der Waals surface area (Å²) < 4.78 is 2.39. The van der Waals surface area contributed by atoms with E-state index in [1.807, 2.05) is 0 Å². The molecule has 0 spiro atoms. The average Bonchev–Trinajstić information content (AvgIpc) is 3.75. The molecule has 9 aromatic rings. The molecule has 0 bridgehead atoms. The summed E-state index contributed by atoms with van der Waals surface area (Å²) in [6.45, 7) is 11.3. The molecular weight excluding hydrogens is 677 g/mol. The third-order valence-corrected chi connectivity index (χ3v) is 11.7. The smallest absolute Gasteiger partial charge is 0.0597 e. The highest BCUT2D eigenvalue weighted by molar-refractivity contribution is 6.09. The highest BCUT2D eigenvalue weighted by Gasteiger charge is 2.42. The van der Waals surface area contributed by atoms with Gasteiger partial charge in [-0.15, -0.1) is 6.58 Å². The zero-order chi connectivity index (χ0) is 37.8. The molecule has 266 valence electrons. The first-order valence-electron chi connectivity index (χ1n) is 19.2. The summed E-state index contributed by atoms with van der Waals surface area (Å²) in [5.41, 5.74) is 16.8. The van der Waals surface area contributed by atoms with Crippen LogP contribution in [0.2, 0.25) is 0 Å². The predicted molar refractivity (Wildman–Crippen MR) is 238 cm³/mol. The molecular formula is C54H40N2. The fourth-order valence-corrected chi connectivity index (χ4v) is 8.98. The summed E-state index contributed by atoms with van der Waals surface area (Å²) in [7, 11) is 0. The molecule has 1 atom stereocenters. The molecule has 0 radical (unpaired) electrons. The fraction of sp³-hybridized carbons (Fsp3) is 0.0370. The monoisotopic (exact) mass is 716 g/mol. The minimum absolute atomic E-state index is 0.588. The topological polar surface area (TPSA) is 8.17 Å². The molecule has 1 aromatic heterocycles. The zero-order valence-corrected chi connectivity index (χ0v) is 31.4. The lowest BCUT2D eigenvalue weighted by molar-refractivity contribution is 0.785. The molecule has 0 amide bonds. The summed E-state index contributed by atoms with van der Waals surface area (Å²) in [6, 6.07) is 70.1. The van der Waals surface area contributed by atoms with Crippen LogP contribution in [-0.2, 0) is 5.41 Å². The predicted octanol–water partition coefficient (Wildman–Crippen LogP) is 14.6. The number of hydrogen-bond donors (Lipinski definition) is 0. The number of hydrogen-bond acceptors (Lipinski definition) is 1. The van der Waals surface area contributed by atoms with E-state index in [2.05, 4.69) is 230 Å². The van der Waals surface area contributed by atoms with Crippen LogP contribution in [0.25, 0.3) is 60.9 Å². The molecule has 2 nitrogen and oxygen atoms in total. The first-order chi connectivity index (χ1) is 27.5. The molecule has 10 rings (SSSR count). The Morgan fingerprint density at radius 3 is 1.41 bits per heavy atom. The van der Waals surface area contributed by atoms with Gasteiger partial charge in [-0.2, -0.15) is 0 Å². The van der Waals surface area contributed by atoms with Gasteiger partial charge in [-0.1, -0.05) is 152 Å². The quantitative estimate of drug-likeness (QED) is 0.142. The van der Waals surface area contributed by atoms with Crippen molar-refractivity contribution in [1.29, 1.82) is 0 Å². The Morgan fingerprint density at radius 2 is 0.911 bits per heavy atom. The molecule has 0 aliphatic heterocycles. The van der Waals surface area contributed by atoms with Crippen LogP contribution in [0.15, 0.2) is 219 Å².